The summed E-state index contributed by atoms with van der Waals surface area (Å²) in [6, 6.07) is 15.8. The fourth-order valence-corrected chi connectivity index (χ4v) is 8.98. The molecule has 3 aromatic rings. The third kappa shape index (κ3) is 9.68. The molecule has 57 heavy (non-hydrogen) atoms. The lowest BCUT2D eigenvalue weighted by molar-refractivity contribution is -0.954. The van der Waals surface area contributed by atoms with Gasteiger partial charge in [-0.25, -0.2) is 9.59 Å². The van der Waals surface area contributed by atoms with Gasteiger partial charge >= 0.3 is 11.9 Å². The van der Waals surface area contributed by atoms with E-state index in [0.717, 1.165) is 66.1 Å². The number of hydrogen-bond acceptors (Lipinski definition) is 10. The molecule has 3 aromatic carbocycles. The van der Waals surface area contributed by atoms with Crippen LogP contribution in [0.25, 0.3) is 0 Å². The molecule has 310 valence electrons. The molecule has 1 saturated heterocycles. The van der Waals surface area contributed by atoms with Crippen LogP contribution in [0.4, 0.5) is 0 Å². The SMILES string of the molecule is COc1ccc(CC2(Cl)c3cc(OC)c(OC)cc3CC[N+]2(C)CCCOC(=O)/C=C\C(=O)OCC2CC[N+](C)(Cc3cc(OC)c(OC)c(OC)c3)C2Cl)cc1. The number of ether oxygens (including phenoxy) is 8. The highest BCUT2D eigenvalue weighted by molar-refractivity contribution is 6.23. The van der Waals surface area contributed by atoms with E-state index in [9.17, 15) is 9.59 Å². The van der Waals surface area contributed by atoms with Gasteiger partial charge in [0.1, 0.15) is 18.9 Å². The number of hydrogen-bond donors (Lipinski definition) is 0. The van der Waals surface area contributed by atoms with Crippen LogP contribution in [0.5, 0.6) is 34.5 Å². The summed E-state index contributed by atoms with van der Waals surface area (Å²) in [6.45, 7) is 3.07. The van der Waals surface area contributed by atoms with E-state index in [1.807, 2.05) is 48.5 Å². The lowest BCUT2D eigenvalue weighted by Gasteiger charge is -2.51. The van der Waals surface area contributed by atoms with Gasteiger partial charge in [0.2, 0.25) is 10.7 Å². The second-order valence-corrected chi connectivity index (χ2v) is 16.1. The minimum atomic E-state index is -0.857. The topological polar surface area (TPSA) is 108 Å². The molecule has 0 aliphatic carbocycles. The fraction of sp³-hybridized carbons (Fsp3) is 0.488. The first kappa shape index (κ1) is 43.8. The summed E-state index contributed by atoms with van der Waals surface area (Å²) in [5, 5.41) is 0. The van der Waals surface area contributed by atoms with Gasteiger partial charge < -0.3 is 46.9 Å². The van der Waals surface area contributed by atoms with Crippen LogP contribution in [0.1, 0.15) is 35.1 Å². The molecule has 2 aliphatic rings. The maximum absolute atomic E-state index is 12.7. The predicted molar refractivity (Wildman–Crippen MR) is 218 cm³/mol. The molecule has 2 aliphatic heterocycles. The molecule has 5 atom stereocenters. The zero-order chi connectivity index (χ0) is 41.4. The van der Waals surface area contributed by atoms with Crippen molar-refractivity contribution in [1.82, 2.24) is 0 Å². The van der Waals surface area contributed by atoms with Gasteiger partial charge in [-0.15, -0.1) is 0 Å². The fourth-order valence-electron chi connectivity index (χ4n) is 8.12. The minimum absolute atomic E-state index is 0.0730. The molecule has 0 radical (unpaired) electrons. The number of likely N-dealkylation sites (tertiary alicyclic amines) is 1. The number of quaternary nitrogens is 2. The summed E-state index contributed by atoms with van der Waals surface area (Å²) in [5.74, 6) is 2.38. The van der Waals surface area contributed by atoms with Gasteiger partial charge in [0.25, 0.3) is 0 Å². The normalized spacial score (nSPS) is 24.0. The van der Waals surface area contributed by atoms with E-state index in [-0.39, 0.29) is 24.6 Å². The Morgan fingerprint density at radius 1 is 0.772 bits per heavy atom. The summed E-state index contributed by atoms with van der Waals surface area (Å²) in [6.07, 6.45) is 4.83. The molecular weight excluding hydrogens is 775 g/mol. The molecule has 0 bridgehead atoms. The number of esters is 2. The molecule has 14 heteroatoms. The van der Waals surface area contributed by atoms with Gasteiger partial charge in [-0.05, 0) is 59.1 Å². The van der Waals surface area contributed by atoms with Crippen LogP contribution in [-0.2, 0) is 43.4 Å². The van der Waals surface area contributed by atoms with Crippen LogP contribution in [0.15, 0.2) is 60.7 Å². The Labute approximate surface area is 346 Å². The average molecular weight is 832 g/mol. The molecule has 0 amide bonds. The zero-order valence-corrected chi connectivity index (χ0v) is 35.7. The van der Waals surface area contributed by atoms with Crippen molar-refractivity contribution < 1.29 is 56.5 Å². The molecule has 1 fully saturated rings. The lowest BCUT2D eigenvalue weighted by atomic mass is 9.85. The Morgan fingerprint density at radius 3 is 1.98 bits per heavy atom. The number of nitrogens with zero attached hydrogens (tertiary/aromatic N) is 2. The smallest absolute Gasteiger partial charge is 0.331 e. The molecule has 2 heterocycles. The highest BCUT2D eigenvalue weighted by Crippen LogP contribution is 2.49. The third-order valence-electron chi connectivity index (χ3n) is 11.4. The van der Waals surface area contributed by atoms with Gasteiger partial charge in [0.15, 0.2) is 28.5 Å². The lowest BCUT2D eigenvalue weighted by Crippen LogP contribution is -2.62. The number of likely N-dealkylation sites (N-methyl/N-ethyl adjacent to an activating group) is 1. The Bertz CT molecular complexity index is 1880. The molecule has 5 unspecified atom stereocenters. The maximum Gasteiger partial charge on any atom is 0.331 e. The van der Waals surface area contributed by atoms with Gasteiger partial charge in [-0.1, -0.05) is 23.7 Å². The van der Waals surface area contributed by atoms with E-state index in [2.05, 4.69) is 14.1 Å². The average Bonchev–Trinajstić information content (AvgIpc) is 3.50. The Morgan fingerprint density at radius 2 is 1.39 bits per heavy atom. The van der Waals surface area contributed by atoms with Crippen LogP contribution in [-0.4, -0.2) is 116 Å². The molecule has 12 nitrogen and oxygen atoms in total. The number of carbonyl (C=O) groups excluding carboxylic acids is 2. The van der Waals surface area contributed by atoms with E-state index in [1.54, 1.807) is 42.7 Å². The second-order valence-electron chi connectivity index (χ2n) is 15.0. The van der Waals surface area contributed by atoms with E-state index >= 15 is 0 Å². The summed E-state index contributed by atoms with van der Waals surface area (Å²) in [4.78, 5) is 24.4. The Hall–Kier alpha value is -4.36. The molecule has 0 spiro atoms. The Balaban J connectivity index is 1.14. The standard InChI is InChI=1S/C43H56Cl2N2O10/c1-46(27-30-22-37(53-6)41(55-8)38(23-30)54-7)19-16-32(42(46)44)28-57-40(49)15-14-39(48)56-21-9-18-47(2)20-17-31-24-35(51-4)36(52-5)25-34(31)43(47,45)26-29-10-12-33(50-3)13-11-29/h10-15,22-25,32,42H,9,16-21,26-28H2,1-8H3/q+2/b15-14-. The Kier molecular flexibility index (Phi) is 14.5. The van der Waals surface area contributed by atoms with E-state index in [1.165, 1.54) is 0 Å². The van der Waals surface area contributed by atoms with Crippen LogP contribution < -0.4 is 28.4 Å². The first-order chi connectivity index (χ1) is 27.3. The first-order valence-electron chi connectivity index (χ1n) is 19.0. The van der Waals surface area contributed by atoms with Crippen LogP contribution >= 0.6 is 23.2 Å². The number of fused-ring (bicyclic) bond motifs is 1. The molecular formula is C43H56Cl2N2O10+2. The maximum atomic E-state index is 12.7. The van der Waals surface area contributed by atoms with Crippen molar-refractivity contribution in [2.75, 3.05) is 89.6 Å². The van der Waals surface area contributed by atoms with Crippen molar-refractivity contribution >= 4 is 35.1 Å². The number of rotatable bonds is 18. The van der Waals surface area contributed by atoms with Crippen molar-refractivity contribution in [3.05, 3.63) is 82.9 Å². The van der Waals surface area contributed by atoms with Gasteiger partial charge in [-0.2, -0.15) is 0 Å². The summed E-state index contributed by atoms with van der Waals surface area (Å²) < 4.78 is 45.2. The number of benzene rings is 3. The highest BCUT2D eigenvalue weighted by Gasteiger charge is 2.52. The van der Waals surface area contributed by atoms with Crippen LogP contribution in [0.2, 0.25) is 0 Å². The van der Waals surface area contributed by atoms with Crippen molar-refractivity contribution in [3.8, 4) is 34.5 Å². The molecule has 0 aromatic heterocycles. The first-order valence-corrected chi connectivity index (χ1v) is 19.8. The van der Waals surface area contributed by atoms with Gasteiger partial charge in [0, 0.05) is 49.0 Å². The van der Waals surface area contributed by atoms with Crippen molar-refractivity contribution in [1.29, 1.82) is 0 Å². The molecule has 0 N–H and O–H groups in total. The number of methoxy groups -OCH3 is 6. The number of carbonyl (C=O) groups is 2. The molecule has 5 rings (SSSR count). The largest absolute Gasteiger partial charge is 0.497 e. The van der Waals surface area contributed by atoms with E-state index in [4.69, 9.17) is 61.1 Å². The minimum Gasteiger partial charge on any atom is -0.497 e. The molecule has 0 saturated carbocycles. The zero-order valence-electron chi connectivity index (χ0n) is 34.2. The van der Waals surface area contributed by atoms with Crippen molar-refractivity contribution in [3.63, 3.8) is 0 Å². The van der Waals surface area contributed by atoms with Crippen molar-refractivity contribution in [2.24, 2.45) is 5.92 Å². The third-order valence-corrected chi connectivity index (χ3v) is 13.0. The number of halogens is 2. The summed E-state index contributed by atoms with van der Waals surface area (Å²) >= 11 is 14.8. The monoisotopic (exact) mass is 830 g/mol. The van der Waals surface area contributed by atoms with E-state index in [0.29, 0.717) is 63.6 Å². The van der Waals surface area contributed by atoms with Crippen LogP contribution in [0, 0.1) is 5.92 Å². The van der Waals surface area contributed by atoms with Crippen LogP contribution in [0.3, 0.4) is 0 Å². The second kappa shape index (κ2) is 18.9. The summed E-state index contributed by atoms with van der Waals surface area (Å²) in [5.41, 5.74) is 3.81. The van der Waals surface area contributed by atoms with Gasteiger partial charge in [-0.3, -0.25) is 0 Å². The predicted octanol–water partition coefficient (Wildman–Crippen LogP) is 6.64. The summed E-state index contributed by atoms with van der Waals surface area (Å²) in [7, 11) is 13.8. The number of alkyl halides is 2. The highest BCUT2D eigenvalue weighted by atomic mass is 35.5. The van der Waals surface area contributed by atoms with Crippen molar-refractivity contribution in [2.45, 2.75) is 42.7 Å². The quantitative estimate of drug-likeness (QED) is 0.0346. The van der Waals surface area contributed by atoms with Gasteiger partial charge in [0.05, 0.1) is 88.9 Å². The van der Waals surface area contributed by atoms with E-state index < -0.39 is 16.9 Å².